The molecule has 0 bridgehead atoms. The molecule has 338 valence electrons. The van der Waals surface area contributed by atoms with Gasteiger partial charge in [-0.1, -0.05) is 46.7 Å². The molecule has 0 unspecified atom stereocenters. The molecule has 0 aromatic rings. The summed E-state index contributed by atoms with van der Waals surface area (Å²) in [4.78, 5) is 28.8. The number of nitrogens with zero attached hydrogens (tertiary/aromatic N) is 3. The van der Waals surface area contributed by atoms with E-state index in [0.717, 1.165) is 89.9 Å². The Labute approximate surface area is 360 Å². The van der Waals surface area contributed by atoms with E-state index in [0.29, 0.717) is 55.3 Å². The molecule has 8 saturated carbocycles. The van der Waals surface area contributed by atoms with Crippen LogP contribution in [0.5, 0.6) is 0 Å². The molecular weight excluding hydrogens is 757 g/mol. The second kappa shape index (κ2) is 16.6. The number of hydrogen-bond acceptors (Lipinski definition) is 8. The van der Waals surface area contributed by atoms with Crippen molar-refractivity contribution in [3.05, 3.63) is 10.4 Å². The van der Waals surface area contributed by atoms with E-state index < -0.39 is 24.4 Å². The third kappa shape index (κ3) is 7.08. The van der Waals surface area contributed by atoms with Gasteiger partial charge in [0.15, 0.2) is 0 Å². The lowest BCUT2D eigenvalue weighted by Crippen LogP contribution is -2.63. The summed E-state index contributed by atoms with van der Waals surface area (Å²) < 4.78 is 4.92. The molecule has 60 heavy (non-hydrogen) atoms. The van der Waals surface area contributed by atoms with Gasteiger partial charge in [0.1, 0.15) is 0 Å². The smallest absolute Gasteiger partial charge is 0.305 e. The van der Waals surface area contributed by atoms with E-state index in [-0.39, 0.29) is 87.0 Å². The summed E-state index contributed by atoms with van der Waals surface area (Å²) in [5.41, 5.74) is 8.58. The van der Waals surface area contributed by atoms with Crippen LogP contribution < -0.4 is 5.32 Å². The zero-order valence-corrected chi connectivity index (χ0v) is 38.0. The monoisotopic (exact) mass is 837 g/mol. The third-order valence-corrected chi connectivity index (χ3v) is 21.5. The van der Waals surface area contributed by atoms with E-state index in [1.54, 1.807) is 0 Å². The number of fused-ring (bicyclic) bond motifs is 10. The molecule has 1 amide bonds. The number of ether oxygens (including phenoxy) is 1. The molecule has 8 fully saturated rings. The minimum Gasteiger partial charge on any atom is -0.469 e. The summed E-state index contributed by atoms with van der Waals surface area (Å²) in [7, 11) is 1.44. The first kappa shape index (κ1) is 44.7. The average Bonchev–Trinajstić information content (AvgIpc) is 3.76. The normalized spacial score (nSPS) is 51.5. The van der Waals surface area contributed by atoms with E-state index in [1.807, 2.05) is 0 Å². The highest BCUT2D eigenvalue weighted by Gasteiger charge is 2.67. The van der Waals surface area contributed by atoms with Crippen LogP contribution in [0.4, 0.5) is 0 Å². The summed E-state index contributed by atoms with van der Waals surface area (Å²) >= 11 is 0. The van der Waals surface area contributed by atoms with Crippen LogP contribution in [0.15, 0.2) is 5.11 Å². The highest BCUT2D eigenvalue weighted by molar-refractivity contribution is 5.76. The average molecular weight is 837 g/mol. The van der Waals surface area contributed by atoms with E-state index in [1.165, 1.54) is 7.11 Å². The van der Waals surface area contributed by atoms with E-state index in [4.69, 9.17) is 10.3 Å². The lowest BCUT2D eigenvalue weighted by atomic mass is 9.43. The first-order valence-electron chi connectivity index (χ1n) is 24.5. The van der Waals surface area contributed by atoms with Gasteiger partial charge in [-0.15, -0.1) is 0 Å². The van der Waals surface area contributed by atoms with E-state index in [2.05, 4.69) is 56.9 Å². The number of methoxy groups -OCH3 is 1. The van der Waals surface area contributed by atoms with Gasteiger partial charge in [-0.3, -0.25) is 9.59 Å². The number of aliphatic hydroxyl groups is 4. The molecule has 22 atom stereocenters. The van der Waals surface area contributed by atoms with Crippen molar-refractivity contribution in [3.8, 4) is 0 Å². The lowest BCUT2D eigenvalue weighted by molar-refractivity contribution is -0.202. The maximum atomic E-state index is 13.7. The van der Waals surface area contributed by atoms with Crippen LogP contribution in [0.2, 0.25) is 0 Å². The van der Waals surface area contributed by atoms with Gasteiger partial charge in [-0.05, 0) is 201 Å². The molecular formula is C49H80N4O7. The highest BCUT2D eigenvalue weighted by Crippen LogP contribution is 2.70. The zero-order valence-electron chi connectivity index (χ0n) is 38.0. The highest BCUT2D eigenvalue weighted by atomic mass is 16.5. The molecule has 0 aromatic heterocycles. The lowest BCUT2D eigenvalue weighted by Gasteiger charge is -2.63. The first-order chi connectivity index (χ1) is 28.4. The molecule has 11 nitrogen and oxygen atoms in total. The maximum absolute atomic E-state index is 13.7. The minimum absolute atomic E-state index is 0.00216. The molecule has 8 rings (SSSR count). The number of nitrogens with one attached hydrogen (secondary N) is 1. The summed E-state index contributed by atoms with van der Waals surface area (Å²) in [6, 6.07) is 0.0903. The van der Waals surface area contributed by atoms with E-state index in [9.17, 15) is 30.0 Å². The summed E-state index contributed by atoms with van der Waals surface area (Å²) in [5.74, 6) is 3.07. The third-order valence-electron chi connectivity index (χ3n) is 21.5. The first-order valence-corrected chi connectivity index (χ1v) is 24.5. The van der Waals surface area contributed by atoms with Gasteiger partial charge in [0, 0.05) is 29.8 Å². The molecule has 0 saturated heterocycles. The Morgan fingerprint density at radius 2 is 1.20 bits per heavy atom. The van der Waals surface area contributed by atoms with Crippen molar-refractivity contribution in [1.29, 1.82) is 0 Å². The minimum atomic E-state index is -0.442. The van der Waals surface area contributed by atoms with Crippen LogP contribution >= 0.6 is 0 Å². The molecule has 0 radical (unpaired) electrons. The zero-order chi connectivity index (χ0) is 43.1. The Bertz CT molecular complexity index is 1660. The van der Waals surface area contributed by atoms with Crippen LogP contribution in [-0.2, 0) is 14.3 Å². The molecule has 0 aromatic carbocycles. The molecule has 5 N–H and O–H groups in total. The SMILES string of the molecule is COC(=O)CC[C@@H](C)[C@H]1CC[C@H]2[C@@H]3[C@H](O)C[C@@H]4C[C@H](NC(=O)CC[C@@H](C)[C@H]5CC[C@H]6[C@@H]7[C@H](O)C[C@@H]8C[C@H](N=[N+]=[N-])CC[C@]8(C)[C@H]7C[C@H](O)[C@]56C)CC[C@]4(C)[C@H]3C[C@H](O)[C@]12C. The summed E-state index contributed by atoms with van der Waals surface area (Å²) in [5, 5.41) is 55.4. The van der Waals surface area contributed by atoms with Gasteiger partial charge in [-0.2, -0.15) is 0 Å². The number of carbonyl (C=O) groups excluding carboxylic acids is 2. The number of azide groups is 1. The molecule has 11 heteroatoms. The van der Waals surface area contributed by atoms with Crippen LogP contribution in [0.3, 0.4) is 0 Å². The number of hydrogen-bond donors (Lipinski definition) is 5. The fourth-order valence-electron chi connectivity index (χ4n) is 18.1. The predicted octanol–water partition coefficient (Wildman–Crippen LogP) is 8.36. The predicted molar refractivity (Wildman–Crippen MR) is 230 cm³/mol. The van der Waals surface area contributed by atoms with Gasteiger partial charge < -0.3 is 30.5 Å². The number of amides is 1. The van der Waals surface area contributed by atoms with Gasteiger partial charge in [-0.25, -0.2) is 0 Å². The second-order valence-electron chi connectivity index (χ2n) is 23.5. The summed E-state index contributed by atoms with van der Waals surface area (Å²) in [6.45, 7) is 13.9. The van der Waals surface area contributed by atoms with Crippen molar-refractivity contribution < 1.29 is 34.8 Å². The Hall–Kier alpha value is -1.91. The molecule has 8 aliphatic rings. The Morgan fingerprint density at radius 3 is 1.72 bits per heavy atom. The standard InChI is InChI=1S/C49H80N4O7/c1-26(32-10-12-34-45-37(25-40(56)48(32,34)5)47(4)19-17-31(52-53-50)21-29(47)23-39(45)55)8-14-42(58)51-30-16-18-46(3)28(20-30)22-38(54)44-35-13-11-33(27(2)9-15-43(59)60-7)49(35,6)41(57)24-36(44)46/h26-41,44-45,54-57H,8-25H2,1-7H3,(H,51,58)/t26-,27-,28+,29+,30-,31-,32-,33-,34+,35+,36+,37+,38-,39-,40+,41+,44+,45+,46+,47+,48-,49-/m1/s1. The van der Waals surface area contributed by atoms with Crippen LogP contribution in [0.1, 0.15) is 157 Å². The fraction of sp³-hybridized carbons (Fsp3) is 0.959. The summed E-state index contributed by atoms with van der Waals surface area (Å²) in [6.07, 6.45) is 13.2. The van der Waals surface area contributed by atoms with Crippen molar-refractivity contribution in [3.63, 3.8) is 0 Å². The van der Waals surface area contributed by atoms with Crippen molar-refractivity contribution in [2.45, 2.75) is 194 Å². The van der Waals surface area contributed by atoms with Crippen LogP contribution in [0, 0.1) is 92.7 Å². The second-order valence-corrected chi connectivity index (χ2v) is 23.5. The maximum Gasteiger partial charge on any atom is 0.305 e. The van der Waals surface area contributed by atoms with Crippen molar-refractivity contribution in [1.82, 2.24) is 5.32 Å². The number of aliphatic hydroxyl groups excluding tert-OH is 4. The fourth-order valence-corrected chi connectivity index (χ4v) is 18.1. The van der Waals surface area contributed by atoms with Crippen LogP contribution in [-0.4, -0.2) is 75.9 Å². The quantitative estimate of drug-likeness (QED) is 0.0634. The van der Waals surface area contributed by atoms with Crippen LogP contribution in [0.25, 0.3) is 10.4 Å². The molecule has 0 aliphatic heterocycles. The van der Waals surface area contributed by atoms with Gasteiger partial charge in [0.2, 0.25) is 5.91 Å². The Kier molecular flexibility index (Phi) is 12.3. The van der Waals surface area contributed by atoms with Gasteiger partial charge in [0.25, 0.3) is 0 Å². The number of esters is 1. The Morgan fingerprint density at radius 1 is 0.700 bits per heavy atom. The largest absolute Gasteiger partial charge is 0.469 e. The Balaban J connectivity index is 0.861. The van der Waals surface area contributed by atoms with Gasteiger partial charge in [0.05, 0.1) is 31.5 Å². The number of carbonyl (C=O) groups is 2. The van der Waals surface area contributed by atoms with Crippen molar-refractivity contribution in [2.24, 2.45) is 97.8 Å². The topological polar surface area (TPSA) is 185 Å². The van der Waals surface area contributed by atoms with Gasteiger partial charge >= 0.3 is 5.97 Å². The molecule has 8 aliphatic carbocycles. The number of rotatable bonds is 10. The van der Waals surface area contributed by atoms with Crippen molar-refractivity contribution in [2.75, 3.05) is 7.11 Å². The van der Waals surface area contributed by atoms with E-state index >= 15 is 0 Å². The van der Waals surface area contributed by atoms with Crippen molar-refractivity contribution >= 4 is 11.9 Å². The molecule has 0 heterocycles. The molecule has 0 spiro atoms.